The van der Waals surface area contributed by atoms with Gasteiger partial charge in [-0.15, -0.1) is 6.54 Å². The van der Waals surface area contributed by atoms with Crippen molar-refractivity contribution in [2.45, 2.75) is 33.7 Å². The maximum Gasteiger partial charge on any atom is 1.00 e. The molecule has 0 fully saturated rings. The summed E-state index contributed by atoms with van der Waals surface area (Å²) >= 11 is 0. The van der Waals surface area contributed by atoms with Gasteiger partial charge in [0.1, 0.15) is 0 Å². The van der Waals surface area contributed by atoms with Crippen LogP contribution in [0.2, 0.25) is 0 Å². The van der Waals surface area contributed by atoms with E-state index in [9.17, 15) is 5.11 Å². The van der Waals surface area contributed by atoms with Crippen molar-refractivity contribution < 1.29 is 28.5 Å². The normalized spacial score (nSPS) is 11.7. The number of rotatable bonds is 7. The minimum atomic E-state index is 0. The first kappa shape index (κ1) is 21.3. The molecule has 0 radical (unpaired) electrons. The summed E-state index contributed by atoms with van der Waals surface area (Å²) in [5, 5.41) is 17.8. The Morgan fingerprint density at radius 1 is 1.07 bits per heavy atom. The molecule has 5 heteroatoms. The number of hydrogen-bond donors (Lipinski definition) is 1. The molecule has 0 aliphatic heterocycles. The van der Waals surface area contributed by atoms with Crippen molar-refractivity contribution in [1.82, 2.24) is 5.16 Å². The predicted molar refractivity (Wildman–Crippen MR) is 105 cm³/mol. The van der Waals surface area contributed by atoms with Gasteiger partial charge in [-0.3, -0.25) is 0 Å². The third kappa shape index (κ3) is 5.26. The smallest absolute Gasteiger partial charge is 0.647 e. The summed E-state index contributed by atoms with van der Waals surface area (Å²) < 4.78 is 5.29. The van der Waals surface area contributed by atoms with Gasteiger partial charge in [-0.1, -0.05) is 66.2 Å². The fraction of sp³-hybridized carbons (Fsp3) is 0.318. The van der Waals surface area contributed by atoms with Crippen LogP contribution >= 0.6 is 0 Å². The molecule has 27 heavy (non-hydrogen) atoms. The summed E-state index contributed by atoms with van der Waals surface area (Å²) in [4.78, 5) is 0. The van der Waals surface area contributed by atoms with E-state index in [2.05, 4.69) is 53.8 Å². The van der Waals surface area contributed by atoms with Crippen LogP contribution in [0.15, 0.2) is 53.1 Å². The van der Waals surface area contributed by atoms with Crippen LogP contribution < -0.4 is 18.9 Å². The number of aliphatic hydroxyl groups is 1. The Balaban J connectivity index is 0.00000261. The number of aryl methyl sites for hydroxylation is 1. The van der Waals surface area contributed by atoms with Gasteiger partial charge in [0.25, 0.3) is 0 Å². The van der Waals surface area contributed by atoms with Crippen molar-refractivity contribution in [2.24, 2.45) is 5.92 Å². The molecule has 1 aromatic heterocycles. The first-order chi connectivity index (χ1) is 12.6. The molecule has 4 nitrogen and oxygen atoms in total. The van der Waals surface area contributed by atoms with E-state index in [0.717, 1.165) is 23.2 Å². The molecule has 3 rings (SSSR count). The quantitative estimate of drug-likeness (QED) is 0.661. The fourth-order valence-corrected chi connectivity index (χ4v) is 2.93. The first-order valence-electron chi connectivity index (χ1n) is 8.97. The van der Waals surface area contributed by atoms with Crippen molar-refractivity contribution >= 4 is 5.88 Å². The summed E-state index contributed by atoms with van der Waals surface area (Å²) in [5.74, 6) is 0.881. The number of aromatic nitrogens is 1. The third-order valence-corrected chi connectivity index (χ3v) is 4.70. The second kappa shape index (κ2) is 9.80. The van der Waals surface area contributed by atoms with Crippen LogP contribution in [0.3, 0.4) is 0 Å². The average molecular weight is 356 g/mol. The van der Waals surface area contributed by atoms with Crippen molar-refractivity contribution in [3.8, 4) is 11.1 Å². The molecule has 1 N–H and O–H groups in total. The first-order valence-corrected chi connectivity index (χ1v) is 8.97. The van der Waals surface area contributed by atoms with Crippen LogP contribution in [0.25, 0.3) is 16.4 Å². The standard InChI is InChI=1S/C22H25N2O2.Li/c1-15(14-25)12-18-8-10-19(11-9-18)21-7-5-4-6-20(21)13-23-22-16(2)17(3)24-26-22;/h4-11,15,25H,12-14H2,1-3H3;/q-1;+1. The van der Waals surface area contributed by atoms with E-state index in [0.29, 0.717) is 12.4 Å². The number of hydrogen-bond acceptors (Lipinski definition) is 3. The zero-order valence-electron chi connectivity index (χ0n) is 16.6. The summed E-state index contributed by atoms with van der Waals surface area (Å²) in [5.41, 5.74) is 6.60. The molecule has 0 bridgehead atoms. The molecule has 0 aliphatic carbocycles. The van der Waals surface area contributed by atoms with Gasteiger partial charge >= 0.3 is 18.9 Å². The van der Waals surface area contributed by atoms with E-state index < -0.39 is 0 Å². The molecular weight excluding hydrogens is 331 g/mol. The molecule has 2 aromatic carbocycles. The molecule has 0 saturated heterocycles. The fourth-order valence-electron chi connectivity index (χ4n) is 2.93. The summed E-state index contributed by atoms with van der Waals surface area (Å²) in [6, 6.07) is 16.9. The SMILES string of the molecule is Cc1noc([N-]Cc2ccccc2-c2ccc(CC(C)CO)cc2)c1C.[Li+]. The van der Waals surface area contributed by atoms with Crippen LogP contribution in [0.4, 0.5) is 5.88 Å². The average Bonchev–Trinajstić information content (AvgIpc) is 2.99. The van der Waals surface area contributed by atoms with E-state index in [1.165, 1.54) is 16.7 Å². The molecule has 0 amide bonds. The Morgan fingerprint density at radius 3 is 2.41 bits per heavy atom. The minimum Gasteiger partial charge on any atom is -0.647 e. The Morgan fingerprint density at radius 2 is 1.78 bits per heavy atom. The van der Waals surface area contributed by atoms with Crippen LogP contribution in [-0.4, -0.2) is 16.9 Å². The topological polar surface area (TPSA) is 60.4 Å². The second-order valence-corrected chi connectivity index (χ2v) is 6.86. The molecule has 1 unspecified atom stereocenters. The zero-order chi connectivity index (χ0) is 18.5. The van der Waals surface area contributed by atoms with Crippen molar-refractivity contribution in [2.75, 3.05) is 6.61 Å². The van der Waals surface area contributed by atoms with Gasteiger partial charge in [-0.05, 0) is 48.4 Å². The van der Waals surface area contributed by atoms with Gasteiger partial charge in [0, 0.05) is 6.61 Å². The molecule has 136 valence electrons. The van der Waals surface area contributed by atoms with Crippen molar-refractivity contribution in [3.05, 3.63) is 76.2 Å². The Hall–Kier alpha value is -1.99. The largest absolute Gasteiger partial charge is 1.00 e. The number of aliphatic hydroxyl groups excluding tert-OH is 1. The van der Waals surface area contributed by atoms with E-state index in [-0.39, 0.29) is 31.4 Å². The molecule has 0 aliphatic rings. The molecule has 0 spiro atoms. The van der Waals surface area contributed by atoms with Crippen molar-refractivity contribution in [3.63, 3.8) is 0 Å². The van der Waals surface area contributed by atoms with E-state index >= 15 is 0 Å². The van der Waals surface area contributed by atoms with E-state index in [1.807, 2.05) is 26.0 Å². The maximum absolute atomic E-state index is 9.22. The van der Waals surface area contributed by atoms with Gasteiger partial charge in [0.2, 0.25) is 0 Å². The monoisotopic (exact) mass is 356 g/mol. The van der Waals surface area contributed by atoms with E-state index in [4.69, 9.17) is 4.52 Å². The Bertz CT molecular complexity index is 859. The Labute approximate surface area is 173 Å². The van der Waals surface area contributed by atoms with Crippen LogP contribution in [0.1, 0.15) is 29.3 Å². The number of benzene rings is 2. The van der Waals surface area contributed by atoms with Gasteiger partial charge in [0.15, 0.2) is 0 Å². The minimum absolute atomic E-state index is 0. The second-order valence-electron chi connectivity index (χ2n) is 6.86. The van der Waals surface area contributed by atoms with E-state index in [1.54, 1.807) is 0 Å². The summed E-state index contributed by atoms with van der Waals surface area (Å²) in [6.07, 6.45) is 0.887. The molecule has 1 atom stereocenters. The summed E-state index contributed by atoms with van der Waals surface area (Å²) in [6.45, 7) is 6.72. The number of nitrogens with zero attached hydrogens (tertiary/aromatic N) is 2. The zero-order valence-corrected chi connectivity index (χ0v) is 16.6. The van der Waals surface area contributed by atoms with Crippen LogP contribution in [0, 0.1) is 19.8 Å². The molecular formula is C22H25LiN2O2. The maximum atomic E-state index is 9.22. The van der Waals surface area contributed by atoms with Crippen LogP contribution in [-0.2, 0) is 13.0 Å². The van der Waals surface area contributed by atoms with Gasteiger partial charge in [-0.2, -0.15) is 0 Å². The molecule has 0 saturated carbocycles. The molecule has 3 aromatic rings. The third-order valence-electron chi connectivity index (χ3n) is 4.70. The Kier molecular flexibility index (Phi) is 7.74. The van der Waals surface area contributed by atoms with Gasteiger partial charge < -0.3 is 14.9 Å². The summed E-state index contributed by atoms with van der Waals surface area (Å²) in [7, 11) is 0. The van der Waals surface area contributed by atoms with Crippen LogP contribution in [0.5, 0.6) is 0 Å². The van der Waals surface area contributed by atoms with Crippen molar-refractivity contribution in [1.29, 1.82) is 0 Å². The van der Waals surface area contributed by atoms with Gasteiger partial charge in [0.05, 0.1) is 11.6 Å². The predicted octanol–water partition coefficient (Wildman–Crippen LogP) is 2.34. The van der Waals surface area contributed by atoms with Gasteiger partial charge in [-0.25, -0.2) is 0 Å². The molecule has 1 heterocycles.